The normalized spacial score (nSPS) is 17.9. The average molecular weight is 673 g/mol. The second-order valence-electron chi connectivity index (χ2n) is 11.6. The zero-order valence-corrected chi connectivity index (χ0v) is 27.7. The second kappa shape index (κ2) is 14.2. The molecule has 0 saturated heterocycles. The molecule has 0 fully saturated rings. The summed E-state index contributed by atoms with van der Waals surface area (Å²) in [5.41, 5.74) is 4.71. The van der Waals surface area contributed by atoms with Crippen molar-refractivity contribution in [3.8, 4) is 11.1 Å². The van der Waals surface area contributed by atoms with Crippen molar-refractivity contribution >= 4 is 50.2 Å². The van der Waals surface area contributed by atoms with Crippen LogP contribution in [-0.2, 0) is 29.0 Å². The Labute approximate surface area is 271 Å². The zero-order valence-electron chi connectivity index (χ0n) is 26.1. The van der Waals surface area contributed by atoms with Gasteiger partial charge in [-0.1, -0.05) is 31.1 Å². The molecule has 1 N–H and O–H groups in total. The van der Waals surface area contributed by atoms with Crippen molar-refractivity contribution in [1.82, 2.24) is 29.6 Å². The molecule has 0 saturated carbocycles. The Morgan fingerprint density at radius 3 is 2.51 bits per heavy atom. The minimum Gasteiger partial charge on any atom is -0.332 e. The minimum atomic E-state index is -0.783. The van der Waals surface area contributed by atoms with E-state index < -0.39 is 6.04 Å². The summed E-state index contributed by atoms with van der Waals surface area (Å²) in [6.07, 6.45) is 14.4. The molecular formula is C34H38BrN7O3. The van der Waals surface area contributed by atoms with E-state index in [1.807, 2.05) is 25.1 Å². The molecule has 0 radical (unpaired) electrons. The highest BCUT2D eigenvalue weighted by molar-refractivity contribution is 9.10. The van der Waals surface area contributed by atoms with Crippen molar-refractivity contribution in [3.05, 3.63) is 76.1 Å². The third-order valence-electron chi connectivity index (χ3n) is 8.27. The monoisotopic (exact) mass is 671 g/mol. The van der Waals surface area contributed by atoms with Gasteiger partial charge in [0, 0.05) is 37.3 Å². The molecule has 1 atom stereocenters. The van der Waals surface area contributed by atoms with E-state index in [-0.39, 0.29) is 24.1 Å². The number of pyridine rings is 1. The van der Waals surface area contributed by atoms with Crippen molar-refractivity contribution in [2.24, 2.45) is 0 Å². The smallest absolute Gasteiger partial charge is 0.248 e. The summed E-state index contributed by atoms with van der Waals surface area (Å²) in [5.74, 6) is 0.295. The number of amides is 2. The maximum absolute atomic E-state index is 13.6. The first-order chi connectivity index (χ1) is 21.6. The maximum atomic E-state index is 13.6. The van der Waals surface area contributed by atoms with Crippen molar-refractivity contribution in [3.63, 3.8) is 0 Å². The van der Waals surface area contributed by atoms with Gasteiger partial charge < -0.3 is 10.2 Å². The lowest BCUT2D eigenvalue weighted by Gasteiger charge is -2.24. The number of Topliss-reactive ketones (excluding diaryl/α,β-unsaturated/α-hetero) is 1. The van der Waals surface area contributed by atoms with Crippen LogP contribution in [0.5, 0.6) is 0 Å². The number of carbonyl (C=O) groups is 3. The number of carbonyl (C=O) groups excluding carboxylic acids is 3. The number of rotatable bonds is 2. The lowest BCUT2D eigenvalue weighted by atomic mass is 9.96. The average Bonchev–Trinajstić information content (AvgIpc) is 3.38. The molecule has 4 aromatic rings. The molecule has 3 aromatic heterocycles. The van der Waals surface area contributed by atoms with Gasteiger partial charge in [0.25, 0.3) is 0 Å². The van der Waals surface area contributed by atoms with E-state index >= 15 is 0 Å². The Balaban J connectivity index is 1.54. The van der Waals surface area contributed by atoms with E-state index in [9.17, 15) is 14.4 Å². The summed E-state index contributed by atoms with van der Waals surface area (Å²) in [7, 11) is 1.60. The van der Waals surface area contributed by atoms with Crippen LogP contribution in [0.15, 0.2) is 53.4 Å². The molecule has 0 bridgehead atoms. The second-order valence-corrected chi connectivity index (χ2v) is 12.4. The number of aromatic nitrogens is 5. The summed E-state index contributed by atoms with van der Waals surface area (Å²) in [5, 5.41) is 8.27. The van der Waals surface area contributed by atoms with Gasteiger partial charge in [-0.2, -0.15) is 5.10 Å². The molecule has 0 aliphatic carbocycles. The number of fused-ring (bicyclic) bond motifs is 1. The molecular weight excluding hydrogens is 634 g/mol. The first-order valence-electron chi connectivity index (χ1n) is 15.3. The number of hydrogen-bond donors (Lipinski definition) is 1. The SMILES string of the molecule is CC(=O)c1nn2c3c(cc(-c4cnc(C)nc4)cc13)CCCCCC/C=C/Cc1ccc(Br)nc1NC(=O)[C@H](C)N(C)C(=O)C2. The molecule has 1 aliphatic rings. The topological polar surface area (TPSA) is 123 Å². The van der Waals surface area contributed by atoms with Crippen molar-refractivity contribution < 1.29 is 14.4 Å². The zero-order chi connectivity index (χ0) is 32.1. The van der Waals surface area contributed by atoms with Gasteiger partial charge >= 0.3 is 0 Å². The van der Waals surface area contributed by atoms with Gasteiger partial charge in [0.2, 0.25) is 11.8 Å². The van der Waals surface area contributed by atoms with E-state index in [1.165, 1.54) is 11.8 Å². The first-order valence-corrected chi connectivity index (χ1v) is 16.1. The molecule has 1 aliphatic heterocycles. The Hall–Kier alpha value is -4.25. The number of nitrogens with one attached hydrogen (secondary N) is 1. The van der Waals surface area contributed by atoms with Gasteiger partial charge in [0.15, 0.2) is 5.78 Å². The standard InChI is InChI=1S/C34H38BrN7O3/c1-21-34(45)39-33-24(14-15-29(35)38-33)12-10-8-6-5-7-9-11-13-25-16-26(27-18-36-23(3)37-19-27)17-28-31(22(2)43)40-42(32(25)28)20-30(44)41(21)4/h8,10,14-19,21H,5-7,9,11-13,20H2,1-4H3,(H,38,39,45)/b10-8+/t21-/m0/s1. The molecule has 4 heterocycles. The van der Waals surface area contributed by atoms with Gasteiger partial charge in [0.05, 0.1) is 5.52 Å². The van der Waals surface area contributed by atoms with Crippen molar-refractivity contribution in [2.45, 2.75) is 78.3 Å². The van der Waals surface area contributed by atoms with Gasteiger partial charge in [-0.25, -0.2) is 15.0 Å². The third kappa shape index (κ3) is 7.53. The van der Waals surface area contributed by atoms with Crippen molar-refractivity contribution in [1.29, 1.82) is 0 Å². The van der Waals surface area contributed by atoms with E-state index in [1.54, 1.807) is 31.0 Å². The van der Waals surface area contributed by atoms with Crippen LogP contribution in [0.2, 0.25) is 0 Å². The highest BCUT2D eigenvalue weighted by atomic mass is 79.9. The van der Waals surface area contributed by atoms with Crippen LogP contribution >= 0.6 is 15.9 Å². The number of nitrogens with zero attached hydrogens (tertiary/aromatic N) is 6. The number of aryl methyl sites for hydroxylation is 2. The fourth-order valence-electron chi connectivity index (χ4n) is 5.53. The van der Waals surface area contributed by atoms with Crippen LogP contribution in [0, 0.1) is 6.92 Å². The molecule has 0 unspecified atom stereocenters. The first kappa shape index (κ1) is 32.2. The van der Waals surface area contributed by atoms with Gasteiger partial charge in [-0.15, -0.1) is 0 Å². The van der Waals surface area contributed by atoms with E-state index in [0.29, 0.717) is 33.7 Å². The fraction of sp³-hybridized carbons (Fsp3) is 0.382. The number of likely N-dealkylation sites (N-methyl/N-ethyl adjacent to an activating group) is 1. The predicted octanol–water partition coefficient (Wildman–Crippen LogP) is 6.25. The molecule has 45 heavy (non-hydrogen) atoms. The Morgan fingerprint density at radius 1 is 1.00 bits per heavy atom. The summed E-state index contributed by atoms with van der Waals surface area (Å²) >= 11 is 3.40. The summed E-state index contributed by atoms with van der Waals surface area (Å²) in [4.78, 5) is 54.4. The lowest BCUT2D eigenvalue weighted by molar-refractivity contribution is -0.137. The van der Waals surface area contributed by atoms with Crippen LogP contribution in [0.25, 0.3) is 22.0 Å². The number of ketones is 1. The van der Waals surface area contributed by atoms with Crippen LogP contribution < -0.4 is 5.32 Å². The third-order valence-corrected chi connectivity index (χ3v) is 8.71. The largest absolute Gasteiger partial charge is 0.332 e. The molecule has 1 aromatic carbocycles. The minimum absolute atomic E-state index is 0.122. The van der Waals surface area contributed by atoms with Crippen LogP contribution in [0.1, 0.15) is 73.4 Å². The number of benzene rings is 1. The molecule has 11 heteroatoms. The van der Waals surface area contributed by atoms with Crippen LogP contribution in [0.3, 0.4) is 0 Å². The van der Waals surface area contributed by atoms with Gasteiger partial charge in [-0.3, -0.25) is 19.1 Å². The van der Waals surface area contributed by atoms with Crippen molar-refractivity contribution in [2.75, 3.05) is 12.4 Å². The summed E-state index contributed by atoms with van der Waals surface area (Å²) in [6, 6.07) is 7.04. The number of allylic oxidation sites excluding steroid dienone is 2. The number of anilines is 1. The molecule has 10 nitrogen and oxygen atoms in total. The Morgan fingerprint density at radius 2 is 1.76 bits per heavy atom. The Bertz CT molecular complexity index is 1760. The number of hydrogen-bond acceptors (Lipinski definition) is 7. The highest BCUT2D eigenvalue weighted by Crippen LogP contribution is 2.31. The molecule has 5 rings (SSSR count). The summed E-state index contributed by atoms with van der Waals surface area (Å²) in [6.45, 7) is 4.88. The molecule has 0 spiro atoms. The maximum Gasteiger partial charge on any atom is 0.248 e. The lowest BCUT2D eigenvalue weighted by Crippen LogP contribution is -2.44. The molecule has 234 valence electrons. The van der Waals surface area contributed by atoms with E-state index in [2.05, 4.69) is 59.5 Å². The van der Waals surface area contributed by atoms with Gasteiger partial charge in [0.1, 0.15) is 34.5 Å². The Kier molecular flexibility index (Phi) is 10.2. The van der Waals surface area contributed by atoms with E-state index in [0.717, 1.165) is 66.3 Å². The highest BCUT2D eigenvalue weighted by Gasteiger charge is 2.26. The van der Waals surface area contributed by atoms with E-state index in [4.69, 9.17) is 0 Å². The van der Waals surface area contributed by atoms with Crippen LogP contribution in [-0.4, -0.2) is 60.3 Å². The molecule has 2 amide bonds. The number of halogens is 1. The predicted molar refractivity (Wildman–Crippen MR) is 178 cm³/mol. The summed E-state index contributed by atoms with van der Waals surface area (Å²) < 4.78 is 2.23. The van der Waals surface area contributed by atoms with Gasteiger partial charge in [-0.05, 0) is 96.8 Å². The fourth-order valence-corrected chi connectivity index (χ4v) is 5.84. The quantitative estimate of drug-likeness (QED) is 0.152. The van der Waals surface area contributed by atoms with Crippen LogP contribution in [0.4, 0.5) is 5.82 Å².